The van der Waals surface area contributed by atoms with E-state index < -0.39 is 0 Å². The second-order valence-corrected chi connectivity index (χ2v) is 4.60. The second kappa shape index (κ2) is 9.63. The molecular weight excluding hydrogens is 363 g/mol. The molecule has 0 aromatic heterocycles. The highest BCUT2D eigenvalue weighted by atomic mass is 127. The number of anilines is 1. The Morgan fingerprint density at radius 1 is 1.35 bits per heavy atom. The van der Waals surface area contributed by atoms with Gasteiger partial charge in [0.2, 0.25) is 0 Å². The Balaban J connectivity index is 0.00000361. The number of nitrogens with zero attached hydrogens (tertiary/aromatic N) is 2. The third-order valence-corrected chi connectivity index (χ3v) is 2.93. The van der Waals surface area contributed by atoms with Crippen LogP contribution in [0.1, 0.15) is 11.1 Å². The minimum Gasteiger partial charge on any atom is -0.378 e. The molecule has 1 rings (SSSR count). The molecule has 0 radical (unpaired) electrons. The van der Waals surface area contributed by atoms with E-state index in [1.54, 1.807) is 7.05 Å². The molecule has 4 nitrogen and oxygen atoms in total. The van der Waals surface area contributed by atoms with Crippen LogP contribution in [0.4, 0.5) is 5.69 Å². The largest absolute Gasteiger partial charge is 0.378 e. The van der Waals surface area contributed by atoms with Crippen molar-refractivity contribution in [2.45, 2.75) is 13.5 Å². The normalized spacial score (nSPS) is 10.5. The van der Waals surface area contributed by atoms with Crippen LogP contribution in [0.5, 0.6) is 0 Å². The Morgan fingerprint density at radius 2 is 2.05 bits per heavy atom. The summed E-state index contributed by atoms with van der Waals surface area (Å²) in [5.74, 6) is 0.788. The monoisotopic (exact) mass is 388 g/mol. The van der Waals surface area contributed by atoms with E-state index in [0.29, 0.717) is 6.54 Å². The van der Waals surface area contributed by atoms with Crippen molar-refractivity contribution in [2.75, 3.05) is 32.6 Å². The number of aryl methyl sites for hydroxylation is 1. The molecule has 1 aromatic carbocycles. The number of benzene rings is 1. The predicted octanol–water partition coefficient (Wildman–Crippen LogP) is 2.53. The maximum atomic E-state index is 4.15. The average molecular weight is 388 g/mol. The third-order valence-electron chi connectivity index (χ3n) is 2.93. The van der Waals surface area contributed by atoms with Crippen molar-refractivity contribution in [3.05, 3.63) is 42.0 Å². The van der Waals surface area contributed by atoms with Gasteiger partial charge in [-0.3, -0.25) is 4.99 Å². The van der Waals surface area contributed by atoms with Crippen LogP contribution in [-0.4, -0.2) is 33.6 Å². The molecule has 0 bridgehead atoms. The van der Waals surface area contributed by atoms with Crippen LogP contribution < -0.4 is 15.5 Å². The number of hydrogen-bond acceptors (Lipinski definition) is 2. The minimum absolute atomic E-state index is 0. The average Bonchev–Trinajstić information content (AvgIpc) is 2.40. The van der Waals surface area contributed by atoms with Gasteiger partial charge < -0.3 is 15.5 Å². The van der Waals surface area contributed by atoms with Crippen LogP contribution in [0.15, 0.2) is 35.8 Å². The van der Waals surface area contributed by atoms with E-state index in [0.717, 1.165) is 12.5 Å². The zero-order chi connectivity index (χ0) is 14.3. The summed E-state index contributed by atoms with van der Waals surface area (Å²) in [5.41, 5.74) is 3.76. The number of guanidine groups is 1. The van der Waals surface area contributed by atoms with E-state index in [-0.39, 0.29) is 24.0 Å². The Kier molecular flexibility index (Phi) is 9.03. The highest BCUT2D eigenvalue weighted by Gasteiger charge is 2.02. The summed E-state index contributed by atoms with van der Waals surface area (Å²) in [6.07, 6.45) is 1.81. The molecule has 0 aliphatic heterocycles. The van der Waals surface area contributed by atoms with E-state index in [9.17, 15) is 0 Å². The molecular formula is C15H25IN4. The Hall–Kier alpha value is -1.24. The molecule has 2 N–H and O–H groups in total. The first-order valence-electron chi connectivity index (χ1n) is 6.40. The first-order valence-corrected chi connectivity index (χ1v) is 6.40. The number of hydrogen-bond donors (Lipinski definition) is 2. The highest BCUT2D eigenvalue weighted by Crippen LogP contribution is 2.17. The van der Waals surface area contributed by atoms with Gasteiger partial charge in [0.15, 0.2) is 5.96 Å². The summed E-state index contributed by atoms with van der Waals surface area (Å²) < 4.78 is 0. The smallest absolute Gasteiger partial charge is 0.191 e. The zero-order valence-electron chi connectivity index (χ0n) is 12.7. The molecule has 0 amide bonds. The summed E-state index contributed by atoms with van der Waals surface area (Å²) in [6.45, 7) is 7.27. The van der Waals surface area contributed by atoms with Gasteiger partial charge in [0.25, 0.3) is 0 Å². The van der Waals surface area contributed by atoms with Gasteiger partial charge in [-0.1, -0.05) is 12.1 Å². The maximum Gasteiger partial charge on any atom is 0.191 e. The summed E-state index contributed by atoms with van der Waals surface area (Å²) in [5, 5.41) is 6.44. The summed E-state index contributed by atoms with van der Waals surface area (Å²) in [7, 11) is 5.86. The summed E-state index contributed by atoms with van der Waals surface area (Å²) in [4.78, 5) is 6.26. The maximum absolute atomic E-state index is 4.15. The van der Waals surface area contributed by atoms with Crippen molar-refractivity contribution < 1.29 is 0 Å². The van der Waals surface area contributed by atoms with Crippen LogP contribution in [0.25, 0.3) is 0 Å². The van der Waals surface area contributed by atoms with Gasteiger partial charge in [-0.2, -0.15) is 0 Å². The first kappa shape index (κ1) is 18.8. The van der Waals surface area contributed by atoms with Crippen molar-refractivity contribution in [3.8, 4) is 0 Å². The Bertz CT molecular complexity index is 455. The highest BCUT2D eigenvalue weighted by molar-refractivity contribution is 14.0. The van der Waals surface area contributed by atoms with E-state index in [4.69, 9.17) is 0 Å². The number of halogens is 1. The van der Waals surface area contributed by atoms with Crippen molar-refractivity contribution >= 4 is 35.6 Å². The molecule has 0 atom stereocenters. The lowest BCUT2D eigenvalue weighted by molar-refractivity contribution is 0.842. The van der Waals surface area contributed by atoms with Crippen LogP contribution in [-0.2, 0) is 6.54 Å². The van der Waals surface area contributed by atoms with E-state index in [1.807, 2.05) is 20.2 Å². The van der Waals surface area contributed by atoms with Crippen molar-refractivity contribution in [3.63, 3.8) is 0 Å². The summed E-state index contributed by atoms with van der Waals surface area (Å²) in [6, 6.07) is 6.47. The fourth-order valence-electron chi connectivity index (χ4n) is 1.72. The fourth-order valence-corrected chi connectivity index (χ4v) is 1.72. The first-order chi connectivity index (χ1) is 9.08. The van der Waals surface area contributed by atoms with Gasteiger partial charge in [0.05, 0.1) is 0 Å². The fraction of sp³-hybridized carbons (Fsp3) is 0.400. The van der Waals surface area contributed by atoms with Crippen molar-refractivity contribution in [1.29, 1.82) is 0 Å². The van der Waals surface area contributed by atoms with Gasteiger partial charge in [-0.15, -0.1) is 30.6 Å². The number of aliphatic imine (C=N–C) groups is 1. The van der Waals surface area contributed by atoms with Gasteiger partial charge in [-0.05, 0) is 30.2 Å². The summed E-state index contributed by atoms with van der Waals surface area (Å²) >= 11 is 0. The Labute approximate surface area is 139 Å². The number of rotatable bonds is 5. The molecule has 0 unspecified atom stereocenters. The molecule has 0 spiro atoms. The molecule has 0 saturated carbocycles. The minimum atomic E-state index is 0. The zero-order valence-corrected chi connectivity index (χ0v) is 15.1. The molecule has 5 heteroatoms. The lowest BCUT2D eigenvalue weighted by Gasteiger charge is -2.16. The van der Waals surface area contributed by atoms with E-state index in [1.165, 1.54) is 16.8 Å². The van der Waals surface area contributed by atoms with Gasteiger partial charge in [0.1, 0.15) is 0 Å². The van der Waals surface area contributed by atoms with Crippen LogP contribution in [0.3, 0.4) is 0 Å². The molecule has 0 aliphatic rings. The van der Waals surface area contributed by atoms with Gasteiger partial charge in [0, 0.05) is 39.9 Å². The topological polar surface area (TPSA) is 39.7 Å². The van der Waals surface area contributed by atoms with Crippen molar-refractivity contribution in [2.24, 2.45) is 4.99 Å². The SMILES string of the molecule is C=CCNC(=NC)NCc1ccc(N(C)C)cc1C.I. The van der Waals surface area contributed by atoms with Gasteiger partial charge >= 0.3 is 0 Å². The number of nitrogens with one attached hydrogen (secondary N) is 2. The molecule has 1 aromatic rings. The van der Waals surface area contributed by atoms with Gasteiger partial charge in [-0.25, -0.2) is 0 Å². The molecule has 20 heavy (non-hydrogen) atoms. The molecule has 112 valence electrons. The third kappa shape index (κ3) is 5.81. The van der Waals surface area contributed by atoms with E-state index in [2.05, 4.69) is 52.2 Å². The molecule has 0 saturated heterocycles. The van der Waals surface area contributed by atoms with Crippen molar-refractivity contribution in [1.82, 2.24) is 10.6 Å². The van der Waals surface area contributed by atoms with Crippen LogP contribution >= 0.6 is 24.0 Å². The molecule has 0 fully saturated rings. The Morgan fingerprint density at radius 3 is 2.55 bits per heavy atom. The lowest BCUT2D eigenvalue weighted by Crippen LogP contribution is -2.36. The molecule has 0 aliphatic carbocycles. The molecule has 0 heterocycles. The van der Waals surface area contributed by atoms with Crippen LogP contribution in [0, 0.1) is 6.92 Å². The van der Waals surface area contributed by atoms with E-state index >= 15 is 0 Å². The predicted molar refractivity (Wildman–Crippen MR) is 99.3 cm³/mol. The lowest BCUT2D eigenvalue weighted by atomic mass is 10.1. The standard InChI is InChI=1S/C15H24N4.HI/c1-6-9-17-15(16-3)18-11-13-7-8-14(19(4)5)10-12(13)2;/h6-8,10H,1,9,11H2,2-5H3,(H2,16,17,18);1H. The second-order valence-electron chi connectivity index (χ2n) is 4.60. The van der Waals surface area contributed by atoms with Crippen LogP contribution in [0.2, 0.25) is 0 Å². The quantitative estimate of drug-likeness (QED) is 0.353.